The molecule has 0 saturated carbocycles. The molecular weight excluding hydrogens is 1330 g/mol. The molecule has 3 aromatic heterocycles. The summed E-state index contributed by atoms with van der Waals surface area (Å²) < 4.78 is 16.7. The molecule has 4 N–H and O–H groups in total. The minimum Gasteiger partial charge on any atom is -0.457 e. The summed E-state index contributed by atoms with van der Waals surface area (Å²) in [4.78, 5) is 143. The van der Waals surface area contributed by atoms with Crippen molar-refractivity contribution in [1.82, 2.24) is 30.9 Å². The first kappa shape index (κ1) is 74.6. The number of aliphatic hydroxyl groups excluding tert-OH is 1. The number of amides is 3. The van der Waals surface area contributed by atoms with Gasteiger partial charge < -0.3 is 49.8 Å². The Morgan fingerprint density at radius 2 is 0.809 bits per heavy atom. The number of β-lactam (4-membered cyclic amide) rings is 3. The van der Waals surface area contributed by atoms with E-state index in [4.69, 9.17) is 34.3 Å². The van der Waals surface area contributed by atoms with Crippen LogP contribution in [0.3, 0.4) is 0 Å². The Labute approximate surface area is 541 Å². The fourth-order valence-corrected chi connectivity index (χ4v) is 10.2. The number of azide groups is 1. The van der Waals surface area contributed by atoms with Gasteiger partial charge in [0.25, 0.3) is 0 Å². The summed E-state index contributed by atoms with van der Waals surface area (Å²) in [5.74, 6) is -5.62. The lowest BCUT2D eigenvalue weighted by atomic mass is 9.85. The molecule has 0 aromatic carbocycles. The van der Waals surface area contributed by atoms with Crippen molar-refractivity contribution in [3.05, 3.63) is 58.7 Å². The Kier molecular flexibility index (Phi) is 25.8. The van der Waals surface area contributed by atoms with Crippen molar-refractivity contribution in [2.75, 3.05) is 17.6 Å². The first-order valence-corrected chi connectivity index (χ1v) is 32.1. The highest BCUT2D eigenvalue weighted by atomic mass is 127. The number of aromatic nitrogens is 3. The van der Waals surface area contributed by atoms with Gasteiger partial charge in [-0.3, -0.25) is 28.8 Å². The van der Waals surface area contributed by atoms with Gasteiger partial charge in [0.2, 0.25) is 34.5 Å². The van der Waals surface area contributed by atoms with Crippen molar-refractivity contribution in [3.8, 4) is 0 Å². The number of nitrogens with zero attached hydrogens (tertiary/aromatic N) is 9. The van der Waals surface area contributed by atoms with Crippen LogP contribution in [0.2, 0.25) is 0 Å². The number of Topliss-reactive ketones (excluding diaryl/α,β-unsaturated/α-hetero) is 3. The lowest BCUT2D eigenvalue weighted by molar-refractivity contribution is -0.180. The van der Waals surface area contributed by atoms with E-state index in [0.29, 0.717) is 26.5 Å². The van der Waals surface area contributed by atoms with Crippen LogP contribution in [0.5, 0.6) is 0 Å². The zero-order valence-electron chi connectivity index (χ0n) is 53.1. The molecule has 6 atom stereocenters. The van der Waals surface area contributed by atoms with Crippen molar-refractivity contribution in [2.24, 2.45) is 38.3 Å². The number of nitrogens with one attached hydrogen (secondary N) is 3. The number of alkyl halides is 1. The smallest absolute Gasteiger partial charge is 0.353 e. The molecule has 0 spiro atoms. The maximum absolute atomic E-state index is 13.0. The summed E-state index contributed by atoms with van der Waals surface area (Å²) in [6, 6.07) is -0.932. The van der Waals surface area contributed by atoms with Crippen LogP contribution in [-0.2, 0) is 71.9 Å². The number of thiazole rings is 3. The highest BCUT2D eigenvalue weighted by molar-refractivity contribution is 14.1. The van der Waals surface area contributed by atoms with Crippen LogP contribution in [-0.4, -0.2) is 159 Å². The molecule has 3 saturated heterocycles. The molecule has 6 rings (SSSR count). The SMILES string of the molecule is Cc1nc(/C(=N/OC(C)(C)C(=O)OC(C)(C)C)C(=O)C[C@@H]2C(=O)N[C@@H]2CI)cs1.Cc1nc(/C(=N/OC(C)(C)C(=O)OC(C)(C)C)C(=O)C[C@@H]2C(=O)N[C@@H]2CN=[N+]=[N-])cs1.Cc1nc(/C(=N/OC(C)(C)C(=O)OC(C)(C)C)C(=O)C[C@@H]2C(=O)N[C@@H]2CO)cs1. The largest absolute Gasteiger partial charge is 0.457 e. The predicted molar refractivity (Wildman–Crippen MR) is 338 cm³/mol. The van der Waals surface area contributed by atoms with Crippen LogP contribution >= 0.6 is 56.6 Å². The zero-order chi connectivity index (χ0) is 67.4. The number of ketones is 3. The van der Waals surface area contributed by atoms with Gasteiger partial charge in [0.05, 0.1) is 45.4 Å². The second-order valence-corrected chi connectivity index (χ2v) is 29.2. The van der Waals surface area contributed by atoms with Crippen LogP contribution in [0.1, 0.15) is 155 Å². The molecule has 488 valence electrons. The van der Waals surface area contributed by atoms with Gasteiger partial charge in [0.15, 0.2) is 34.5 Å². The summed E-state index contributed by atoms with van der Waals surface area (Å²) in [7, 11) is 0. The average molecular weight is 1410 g/mol. The van der Waals surface area contributed by atoms with Crippen LogP contribution in [0, 0.1) is 38.5 Å². The number of oxime groups is 3. The molecule has 3 amide bonds. The highest BCUT2D eigenvalue weighted by Crippen LogP contribution is 2.28. The van der Waals surface area contributed by atoms with E-state index in [2.05, 4.69) is 79.0 Å². The third-order valence-corrected chi connectivity index (χ3v) is 15.8. The molecule has 0 aliphatic carbocycles. The highest BCUT2D eigenvalue weighted by Gasteiger charge is 2.45. The quantitative estimate of drug-likeness (QED) is 0.00644. The maximum atomic E-state index is 13.0. The number of carbonyl (C=O) groups excluding carboxylic acids is 9. The van der Waals surface area contributed by atoms with E-state index in [9.17, 15) is 48.3 Å². The van der Waals surface area contributed by atoms with E-state index in [1.165, 1.54) is 75.6 Å². The van der Waals surface area contributed by atoms with E-state index in [-0.39, 0.29) is 79.1 Å². The van der Waals surface area contributed by atoms with Gasteiger partial charge in [-0.2, -0.15) is 0 Å². The monoisotopic (exact) mass is 1410 g/mol. The fraction of sp³-hybridized carbons (Fsp3) is 0.632. The standard InChI is InChI=1S/C19H26IN3O5S.C19H26N6O5S.C19H27N3O6S/c1-10-21-13(9-29-10)15(14(24)7-11-12(8-20)22-16(11)25)23-28-19(5,6)17(26)27-18(2,3)4;1-10-22-13(9-31-10)15(24-30-19(5,6)17(28)29-18(2,3)4)14(26)7-11-12(8-21-25-20)23-16(11)27;1-10-20-13(9-29-10)15(14(24)7-11-12(8-23)21-16(11)25)22-28-19(5,6)17(26)27-18(2,3)4/h9,11-12H,7-8H2,1-6H3,(H,22,25);9,11-12H,7-8H2,1-6H3,(H,23,27);9,11-12,23H,7-8H2,1-6H3,(H,21,25)/b23-15-;24-15-;22-15-/t3*11-,12+/m000/s1. The van der Waals surface area contributed by atoms with Crippen molar-refractivity contribution in [1.29, 1.82) is 0 Å². The minimum absolute atomic E-state index is 0.00195. The van der Waals surface area contributed by atoms with Gasteiger partial charge in [-0.05, 0) is 130 Å². The molecule has 3 aliphatic rings. The Balaban J connectivity index is 0.000000286. The third-order valence-electron chi connectivity index (χ3n) is 12.5. The van der Waals surface area contributed by atoms with E-state index in [1.807, 2.05) is 6.92 Å². The molecule has 0 unspecified atom stereocenters. The number of aryl methyl sites for hydroxylation is 3. The minimum atomic E-state index is -1.46. The van der Waals surface area contributed by atoms with Gasteiger partial charge in [-0.1, -0.05) is 43.2 Å². The first-order chi connectivity index (χ1) is 41.0. The Hall–Kier alpha value is -6.87. The van der Waals surface area contributed by atoms with E-state index >= 15 is 0 Å². The number of halogens is 1. The number of aliphatic hydroxyl groups is 1. The van der Waals surface area contributed by atoms with Crippen LogP contribution in [0.15, 0.2) is 36.7 Å². The molecule has 89 heavy (non-hydrogen) atoms. The average Bonchev–Trinajstić information content (AvgIpc) is 1.79. The van der Waals surface area contributed by atoms with E-state index in [1.54, 1.807) is 92.3 Å². The summed E-state index contributed by atoms with van der Waals surface area (Å²) in [5, 5.41) is 39.7. The molecule has 6 heterocycles. The van der Waals surface area contributed by atoms with E-state index < -0.39 is 92.9 Å². The first-order valence-electron chi connectivity index (χ1n) is 28.0. The van der Waals surface area contributed by atoms with Gasteiger partial charge >= 0.3 is 17.9 Å². The number of hydrogen-bond acceptors (Lipinski definition) is 26. The molecule has 0 radical (unpaired) electrons. The lowest BCUT2D eigenvalue weighted by Crippen LogP contribution is -2.60. The summed E-state index contributed by atoms with van der Waals surface area (Å²) in [6.07, 6.45) is -0.309. The van der Waals surface area contributed by atoms with E-state index in [0.717, 1.165) is 10.0 Å². The Morgan fingerprint density at radius 3 is 1.06 bits per heavy atom. The third kappa shape index (κ3) is 22.2. The molecule has 3 fully saturated rings. The number of hydrogen-bond donors (Lipinski definition) is 4. The number of ether oxygens (including phenoxy) is 3. The second kappa shape index (κ2) is 30.8. The Morgan fingerprint density at radius 1 is 0.528 bits per heavy atom. The molecule has 0 bridgehead atoms. The summed E-state index contributed by atoms with van der Waals surface area (Å²) in [6.45, 7) is 29.8. The van der Waals surface area contributed by atoms with Gasteiger partial charge in [-0.15, -0.1) is 34.0 Å². The van der Waals surface area contributed by atoms with Gasteiger partial charge in [-0.25, -0.2) is 29.3 Å². The second-order valence-electron chi connectivity index (χ2n) is 25.2. The maximum Gasteiger partial charge on any atom is 0.353 e. The van der Waals surface area contributed by atoms with Crippen molar-refractivity contribution >= 4 is 127 Å². The molecule has 3 aromatic rings. The number of rotatable bonds is 25. The molecule has 32 heteroatoms. The van der Waals surface area contributed by atoms with Crippen molar-refractivity contribution in [3.63, 3.8) is 0 Å². The molecular formula is C57H79IN12O16S3. The predicted octanol–water partition coefficient (Wildman–Crippen LogP) is 6.84. The normalized spacial score (nSPS) is 19.6. The molecule has 28 nitrogen and oxygen atoms in total. The Bertz CT molecular complexity index is 3130. The number of esters is 3. The van der Waals surface area contributed by atoms with Crippen LogP contribution in [0.25, 0.3) is 10.4 Å². The molecule has 3 aliphatic heterocycles. The summed E-state index contributed by atoms with van der Waals surface area (Å²) >= 11 is 6.19. The van der Waals surface area contributed by atoms with Crippen molar-refractivity contribution in [2.45, 2.75) is 196 Å². The topological polar surface area (TPSA) is 390 Å². The van der Waals surface area contributed by atoms with Gasteiger partial charge in [0, 0.05) is 63.4 Å². The van der Waals surface area contributed by atoms with Crippen LogP contribution < -0.4 is 16.0 Å². The summed E-state index contributed by atoms with van der Waals surface area (Å²) in [5.41, 5.74) is 2.85. The fourth-order valence-electron chi connectivity index (χ4n) is 7.57. The van der Waals surface area contributed by atoms with Gasteiger partial charge in [0.1, 0.15) is 33.9 Å². The van der Waals surface area contributed by atoms with Crippen LogP contribution in [0.4, 0.5) is 0 Å². The van der Waals surface area contributed by atoms with Crippen molar-refractivity contribution < 1.29 is 77.0 Å². The lowest BCUT2D eigenvalue weighted by Gasteiger charge is -2.35. The zero-order valence-corrected chi connectivity index (χ0v) is 57.7. The number of carbonyl (C=O) groups is 9.